The first-order valence-corrected chi connectivity index (χ1v) is 12.7. The van der Waals surface area contributed by atoms with Crippen molar-refractivity contribution < 1.29 is 18.4 Å². The quantitative estimate of drug-likeness (QED) is 0.167. The summed E-state index contributed by atoms with van der Waals surface area (Å²) in [4.78, 5) is 15.9. The predicted molar refractivity (Wildman–Crippen MR) is 135 cm³/mol. The van der Waals surface area contributed by atoms with Gasteiger partial charge >= 0.3 is 0 Å². The van der Waals surface area contributed by atoms with Gasteiger partial charge in [-0.2, -0.15) is 0 Å². The first-order valence-electron chi connectivity index (χ1n) is 10.4. The number of sulfonamides is 1. The van der Waals surface area contributed by atoms with Gasteiger partial charge in [0.25, 0.3) is 15.7 Å². The van der Waals surface area contributed by atoms with E-state index in [-0.39, 0.29) is 22.0 Å². The lowest BCUT2D eigenvalue weighted by molar-refractivity contribution is -0.385. The second-order valence-electron chi connectivity index (χ2n) is 7.61. The summed E-state index contributed by atoms with van der Waals surface area (Å²) in [5.74, 6) is 0.0110. The summed E-state index contributed by atoms with van der Waals surface area (Å²) in [6.07, 6.45) is 1.69. The Morgan fingerprint density at radius 3 is 2.43 bits per heavy atom. The van der Waals surface area contributed by atoms with Gasteiger partial charge in [0.05, 0.1) is 25.9 Å². The highest BCUT2D eigenvalue weighted by Gasteiger charge is 2.21. The van der Waals surface area contributed by atoms with Crippen molar-refractivity contribution in [3.63, 3.8) is 0 Å². The molecular weight excluding hydrogens is 486 g/mol. The number of non-ortho nitro benzene ring substituents is 1. The minimum atomic E-state index is -4.16. The molecular formula is C25H17N3O5S2. The van der Waals surface area contributed by atoms with Crippen LogP contribution in [0, 0.1) is 10.1 Å². The standard InChI is InChI=1S/C25H17N3O5S2/c29-25-20-11-2-1-10-19(20)21(27-35(32,33)18-9-4-8-17(14-18)28(30)31)15-23(25)34-22-12-3-6-16-7-5-13-26-24(16)22/h1-15,27,29H. The average Bonchev–Trinajstić information content (AvgIpc) is 2.87. The van der Waals surface area contributed by atoms with E-state index >= 15 is 0 Å². The Balaban J connectivity index is 1.62. The van der Waals surface area contributed by atoms with Crippen LogP contribution in [0.15, 0.2) is 106 Å². The van der Waals surface area contributed by atoms with Crippen molar-refractivity contribution in [3.8, 4) is 5.75 Å². The van der Waals surface area contributed by atoms with Crippen LogP contribution in [0.1, 0.15) is 0 Å². The number of pyridine rings is 1. The number of aromatic hydroxyl groups is 1. The highest BCUT2D eigenvalue weighted by atomic mass is 32.2. The maximum Gasteiger partial charge on any atom is 0.270 e. The zero-order valence-electron chi connectivity index (χ0n) is 18.0. The number of benzene rings is 4. The molecule has 0 spiro atoms. The number of fused-ring (bicyclic) bond motifs is 2. The first kappa shape index (κ1) is 22.6. The minimum absolute atomic E-state index is 0.0110. The Labute approximate surface area is 204 Å². The van der Waals surface area contributed by atoms with Crippen molar-refractivity contribution >= 4 is 54.8 Å². The SMILES string of the molecule is O=[N+]([O-])c1cccc(S(=O)(=O)Nc2cc(Sc3cccc4cccnc34)c(O)c3ccccc23)c1. The summed E-state index contributed by atoms with van der Waals surface area (Å²) >= 11 is 1.26. The van der Waals surface area contributed by atoms with Gasteiger partial charge in [-0.25, -0.2) is 8.42 Å². The Kier molecular flexibility index (Phi) is 5.75. The summed E-state index contributed by atoms with van der Waals surface area (Å²) in [6.45, 7) is 0. The Morgan fingerprint density at radius 2 is 1.63 bits per heavy atom. The second-order valence-corrected chi connectivity index (χ2v) is 10.4. The molecule has 10 heteroatoms. The number of para-hydroxylation sites is 1. The summed E-state index contributed by atoms with van der Waals surface area (Å²) in [7, 11) is -4.16. The van der Waals surface area contributed by atoms with Crippen molar-refractivity contribution in [2.45, 2.75) is 14.7 Å². The number of phenolic OH excluding ortho intramolecular Hbond substituents is 1. The van der Waals surface area contributed by atoms with Crippen molar-refractivity contribution in [1.82, 2.24) is 4.98 Å². The lowest BCUT2D eigenvalue weighted by Crippen LogP contribution is -2.13. The molecule has 0 atom stereocenters. The van der Waals surface area contributed by atoms with Gasteiger partial charge in [0.1, 0.15) is 5.75 Å². The number of anilines is 1. The van der Waals surface area contributed by atoms with Crippen LogP contribution in [0.25, 0.3) is 21.7 Å². The number of aromatic nitrogens is 1. The molecule has 4 aromatic carbocycles. The Hall–Kier alpha value is -4.15. The Morgan fingerprint density at radius 1 is 0.886 bits per heavy atom. The number of nitro benzene ring substituents is 1. The number of hydrogen-bond donors (Lipinski definition) is 2. The largest absolute Gasteiger partial charge is 0.506 e. The molecule has 0 fully saturated rings. The lowest BCUT2D eigenvalue weighted by atomic mass is 10.1. The third-order valence-corrected chi connectivity index (χ3v) is 7.82. The maximum absolute atomic E-state index is 13.1. The second kappa shape index (κ2) is 8.90. The molecule has 35 heavy (non-hydrogen) atoms. The van der Waals surface area contributed by atoms with Gasteiger partial charge in [0, 0.05) is 39.4 Å². The van der Waals surface area contributed by atoms with Crippen LogP contribution in [0.4, 0.5) is 11.4 Å². The van der Waals surface area contributed by atoms with E-state index in [0.717, 1.165) is 21.9 Å². The van der Waals surface area contributed by atoms with Crippen LogP contribution in [0.5, 0.6) is 5.75 Å². The minimum Gasteiger partial charge on any atom is -0.506 e. The fraction of sp³-hybridized carbons (Fsp3) is 0. The van der Waals surface area contributed by atoms with E-state index in [1.54, 1.807) is 36.5 Å². The van der Waals surface area contributed by atoms with Crippen molar-refractivity contribution in [3.05, 3.63) is 101 Å². The number of hydrogen-bond acceptors (Lipinski definition) is 7. The van der Waals surface area contributed by atoms with Gasteiger partial charge in [-0.1, -0.05) is 60.3 Å². The van der Waals surface area contributed by atoms with Gasteiger partial charge in [-0.15, -0.1) is 0 Å². The molecule has 0 aliphatic heterocycles. The summed E-state index contributed by atoms with van der Waals surface area (Å²) in [6, 6.07) is 22.7. The molecule has 0 aliphatic carbocycles. The molecule has 0 unspecified atom stereocenters. The third-order valence-electron chi connectivity index (χ3n) is 5.38. The smallest absolute Gasteiger partial charge is 0.270 e. The summed E-state index contributed by atoms with van der Waals surface area (Å²) in [5, 5.41) is 24.0. The van der Waals surface area contributed by atoms with Crippen LogP contribution in [0.3, 0.4) is 0 Å². The van der Waals surface area contributed by atoms with Crippen molar-refractivity contribution in [2.24, 2.45) is 0 Å². The molecule has 0 bridgehead atoms. The third kappa shape index (κ3) is 4.36. The van der Waals surface area contributed by atoms with Crippen LogP contribution >= 0.6 is 11.8 Å². The number of nitrogens with one attached hydrogen (secondary N) is 1. The van der Waals surface area contributed by atoms with Crippen LogP contribution in [-0.4, -0.2) is 23.4 Å². The summed E-state index contributed by atoms with van der Waals surface area (Å²) in [5.41, 5.74) is 0.662. The van der Waals surface area contributed by atoms with Crippen molar-refractivity contribution in [1.29, 1.82) is 0 Å². The summed E-state index contributed by atoms with van der Waals surface area (Å²) < 4.78 is 28.8. The van der Waals surface area contributed by atoms with Crippen LogP contribution in [0.2, 0.25) is 0 Å². The molecule has 174 valence electrons. The fourth-order valence-electron chi connectivity index (χ4n) is 3.74. The molecule has 2 N–H and O–H groups in total. The van der Waals surface area contributed by atoms with Gasteiger partial charge in [-0.3, -0.25) is 19.8 Å². The van der Waals surface area contributed by atoms with Gasteiger partial charge in [0.15, 0.2) is 0 Å². The highest BCUT2D eigenvalue weighted by Crippen LogP contribution is 2.44. The van der Waals surface area contributed by atoms with Gasteiger partial charge in [0.2, 0.25) is 0 Å². The zero-order chi connectivity index (χ0) is 24.6. The van der Waals surface area contributed by atoms with E-state index in [4.69, 9.17) is 0 Å². The van der Waals surface area contributed by atoms with E-state index in [0.29, 0.717) is 15.7 Å². The van der Waals surface area contributed by atoms with Crippen LogP contribution in [-0.2, 0) is 10.0 Å². The number of nitro groups is 1. The lowest BCUT2D eigenvalue weighted by Gasteiger charge is -2.15. The molecule has 5 aromatic rings. The molecule has 0 aliphatic rings. The molecule has 0 radical (unpaired) electrons. The van der Waals surface area contributed by atoms with E-state index in [1.165, 1.54) is 30.0 Å². The zero-order valence-corrected chi connectivity index (χ0v) is 19.6. The number of rotatable bonds is 6. The molecule has 5 rings (SSSR count). The average molecular weight is 504 g/mol. The van der Waals surface area contributed by atoms with E-state index in [2.05, 4.69) is 9.71 Å². The number of phenols is 1. The van der Waals surface area contributed by atoms with E-state index < -0.39 is 14.9 Å². The monoisotopic (exact) mass is 503 g/mol. The molecule has 0 saturated carbocycles. The first-order chi connectivity index (χ1) is 16.8. The fourth-order valence-corrected chi connectivity index (χ4v) is 5.89. The molecule has 1 aromatic heterocycles. The van der Waals surface area contributed by atoms with Gasteiger partial charge in [-0.05, 0) is 24.3 Å². The van der Waals surface area contributed by atoms with Crippen molar-refractivity contribution in [2.75, 3.05) is 4.72 Å². The van der Waals surface area contributed by atoms with Crippen LogP contribution < -0.4 is 4.72 Å². The normalized spacial score (nSPS) is 11.5. The van der Waals surface area contributed by atoms with E-state index in [1.807, 2.05) is 30.3 Å². The number of nitrogens with zero attached hydrogens (tertiary/aromatic N) is 2. The predicted octanol–water partition coefficient (Wildman–Crippen LogP) is 5.95. The maximum atomic E-state index is 13.1. The van der Waals surface area contributed by atoms with Gasteiger partial charge < -0.3 is 5.11 Å². The Bertz CT molecular complexity index is 1720. The molecule has 0 saturated heterocycles. The van der Waals surface area contributed by atoms with E-state index in [9.17, 15) is 23.6 Å². The highest BCUT2D eigenvalue weighted by molar-refractivity contribution is 7.99. The molecule has 0 amide bonds. The molecule has 1 heterocycles. The topological polar surface area (TPSA) is 122 Å². The molecule has 8 nitrogen and oxygen atoms in total.